The largest absolute Gasteiger partial charge is 0.358 e. The van der Waals surface area contributed by atoms with Gasteiger partial charge < -0.3 is 9.88 Å². The molecule has 0 aliphatic carbocycles. The van der Waals surface area contributed by atoms with Crippen molar-refractivity contribution in [1.29, 1.82) is 5.26 Å². The highest BCUT2D eigenvalue weighted by molar-refractivity contribution is 6.19. The lowest BCUT2D eigenvalue weighted by molar-refractivity contribution is -0.129. The van der Waals surface area contributed by atoms with Gasteiger partial charge in [-0.3, -0.25) is 14.4 Å². The van der Waals surface area contributed by atoms with Gasteiger partial charge in [0.05, 0.1) is 6.07 Å². The van der Waals surface area contributed by atoms with E-state index in [2.05, 4.69) is 4.98 Å². The highest BCUT2D eigenvalue weighted by Gasteiger charge is 2.41. The first-order valence-electron chi connectivity index (χ1n) is 8.69. The van der Waals surface area contributed by atoms with Crippen LogP contribution in [0.15, 0.2) is 24.3 Å². The molecule has 1 aromatic heterocycles. The summed E-state index contributed by atoms with van der Waals surface area (Å²) in [4.78, 5) is 42.7. The summed E-state index contributed by atoms with van der Waals surface area (Å²) in [5.41, 5.74) is 1.81. The second-order valence-electron chi connectivity index (χ2n) is 7.04. The number of hydrogen-bond acceptors (Lipinski definition) is 4. The van der Waals surface area contributed by atoms with Gasteiger partial charge in [-0.2, -0.15) is 5.26 Å². The van der Waals surface area contributed by atoms with Gasteiger partial charge in [0, 0.05) is 47.1 Å². The monoisotopic (exact) mass is 351 g/mol. The van der Waals surface area contributed by atoms with Crippen molar-refractivity contribution in [3.63, 3.8) is 0 Å². The Morgan fingerprint density at radius 2 is 2.00 bits per heavy atom. The van der Waals surface area contributed by atoms with E-state index < -0.39 is 23.4 Å². The van der Waals surface area contributed by atoms with Crippen LogP contribution in [0, 0.1) is 30.1 Å². The number of fused-ring (bicyclic) bond motifs is 1. The van der Waals surface area contributed by atoms with E-state index >= 15 is 0 Å². The van der Waals surface area contributed by atoms with Crippen molar-refractivity contribution in [3.8, 4) is 6.07 Å². The number of aryl methyl sites for hydroxylation is 1. The van der Waals surface area contributed by atoms with Crippen molar-refractivity contribution in [2.45, 2.75) is 33.2 Å². The average molecular weight is 351 g/mol. The molecule has 2 aromatic rings. The molecule has 1 aliphatic heterocycles. The molecular formula is C20H21N3O3. The van der Waals surface area contributed by atoms with Crippen LogP contribution in [0.3, 0.4) is 0 Å². The van der Waals surface area contributed by atoms with Crippen LogP contribution in [0.4, 0.5) is 0 Å². The van der Waals surface area contributed by atoms with E-state index in [4.69, 9.17) is 0 Å². The number of rotatable bonds is 5. The number of nitriles is 1. The number of nitrogens with zero attached hydrogens (tertiary/aromatic N) is 2. The Kier molecular flexibility index (Phi) is 4.64. The Hall–Kier alpha value is -2.94. The van der Waals surface area contributed by atoms with Crippen molar-refractivity contribution in [2.75, 3.05) is 6.54 Å². The lowest BCUT2D eigenvalue weighted by atomic mass is 9.86. The molecule has 3 rings (SSSR count). The predicted molar refractivity (Wildman–Crippen MR) is 96.4 cm³/mol. The fourth-order valence-corrected chi connectivity index (χ4v) is 3.65. The number of carbonyl (C=O) groups excluding carboxylic acids is 3. The quantitative estimate of drug-likeness (QED) is 0.662. The molecule has 1 saturated heterocycles. The van der Waals surface area contributed by atoms with Gasteiger partial charge in [0.2, 0.25) is 5.91 Å². The summed E-state index contributed by atoms with van der Waals surface area (Å²) in [6, 6.07) is 9.17. The van der Waals surface area contributed by atoms with Crippen LogP contribution in [0.25, 0.3) is 10.9 Å². The first-order valence-corrected chi connectivity index (χ1v) is 8.69. The number of para-hydroxylation sites is 1. The zero-order valence-electron chi connectivity index (χ0n) is 15.1. The molecule has 1 aromatic carbocycles. The summed E-state index contributed by atoms with van der Waals surface area (Å²) in [6.45, 7) is 5.79. The number of carbonyl (C=O) groups is 3. The van der Waals surface area contributed by atoms with Crippen LogP contribution < -0.4 is 0 Å². The van der Waals surface area contributed by atoms with Gasteiger partial charge in [0.25, 0.3) is 0 Å². The number of amides is 1. The Labute approximate surface area is 151 Å². The number of aromatic nitrogens is 1. The fraction of sp³-hybridized carbons (Fsp3) is 0.400. The topological polar surface area (TPSA) is 94.0 Å². The van der Waals surface area contributed by atoms with Gasteiger partial charge >= 0.3 is 0 Å². The van der Waals surface area contributed by atoms with E-state index in [0.29, 0.717) is 16.6 Å². The first kappa shape index (κ1) is 17.9. The highest BCUT2D eigenvalue weighted by atomic mass is 16.2. The molecule has 0 bridgehead atoms. The fourth-order valence-electron chi connectivity index (χ4n) is 3.65. The van der Waals surface area contributed by atoms with Crippen LogP contribution in [-0.2, 0) is 9.59 Å². The molecular weight excluding hydrogens is 330 g/mol. The number of aromatic amines is 1. The Balaban J connectivity index is 1.90. The molecule has 0 spiro atoms. The summed E-state index contributed by atoms with van der Waals surface area (Å²) < 4.78 is 0. The van der Waals surface area contributed by atoms with Crippen molar-refractivity contribution < 1.29 is 14.4 Å². The molecule has 0 radical (unpaired) electrons. The Morgan fingerprint density at radius 3 is 2.62 bits per heavy atom. The average Bonchev–Trinajstić information content (AvgIpc) is 3.14. The first-order chi connectivity index (χ1) is 12.3. The van der Waals surface area contributed by atoms with Crippen LogP contribution >= 0.6 is 0 Å². The second-order valence-corrected chi connectivity index (χ2v) is 7.04. The summed E-state index contributed by atoms with van der Waals surface area (Å²) >= 11 is 0. The van der Waals surface area contributed by atoms with Crippen LogP contribution in [0.5, 0.6) is 0 Å². The molecule has 0 unspecified atom stereocenters. The number of H-pyrrole nitrogens is 1. The SMILES string of the molecule is Cc1[nH]c2ccccc2c1C(=O)[C@@H](C#N)C(=O)[C@H]1CC(=O)N(C(C)C)C1. The maximum Gasteiger partial charge on any atom is 0.223 e. The van der Waals surface area contributed by atoms with Crippen LogP contribution in [0.2, 0.25) is 0 Å². The van der Waals surface area contributed by atoms with Gasteiger partial charge in [-0.05, 0) is 26.8 Å². The second kappa shape index (κ2) is 6.75. The van der Waals surface area contributed by atoms with Gasteiger partial charge in [-0.15, -0.1) is 0 Å². The van der Waals surface area contributed by atoms with Crippen molar-refractivity contribution >= 4 is 28.4 Å². The van der Waals surface area contributed by atoms with Gasteiger partial charge in [-0.25, -0.2) is 0 Å². The summed E-state index contributed by atoms with van der Waals surface area (Å²) in [6.07, 6.45) is 0.0648. The van der Waals surface area contributed by atoms with Crippen LogP contribution in [-0.4, -0.2) is 39.9 Å². The number of Topliss-reactive ketones (excluding diaryl/α,β-unsaturated/α-hetero) is 2. The summed E-state index contributed by atoms with van der Waals surface area (Å²) in [5, 5.41) is 10.2. The lowest BCUT2D eigenvalue weighted by Gasteiger charge is -2.21. The smallest absolute Gasteiger partial charge is 0.223 e. The van der Waals surface area contributed by atoms with E-state index in [0.717, 1.165) is 5.52 Å². The molecule has 1 fully saturated rings. The number of hydrogen-bond donors (Lipinski definition) is 1. The molecule has 1 aliphatic rings. The number of likely N-dealkylation sites (tertiary alicyclic amines) is 1. The van der Waals surface area contributed by atoms with Gasteiger partial charge in [0.1, 0.15) is 0 Å². The van der Waals surface area contributed by atoms with Crippen molar-refractivity contribution in [2.24, 2.45) is 11.8 Å². The van der Waals surface area contributed by atoms with E-state index in [-0.39, 0.29) is 24.9 Å². The molecule has 134 valence electrons. The van der Waals surface area contributed by atoms with E-state index in [1.165, 1.54) is 0 Å². The third-order valence-corrected chi connectivity index (χ3v) is 5.00. The maximum absolute atomic E-state index is 13.0. The minimum Gasteiger partial charge on any atom is -0.358 e. The summed E-state index contributed by atoms with van der Waals surface area (Å²) in [5.74, 6) is -3.06. The zero-order valence-corrected chi connectivity index (χ0v) is 15.1. The molecule has 2 heterocycles. The molecule has 1 amide bonds. The Bertz CT molecular complexity index is 935. The van der Waals surface area contributed by atoms with E-state index in [1.807, 2.05) is 38.1 Å². The van der Waals surface area contributed by atoms with Crippen LogP contribution in [0.1, 0.15) is 36.3 Å². The number of nitrogens with one attached hydrogen (secondary N) is 1. The van der Waals surface area contributed by atoms with Gasteiger partial charge in [0.15, 0.2) is 17.5 Å². The minimum absolute atomic E-state index is 0.00704. The standard InChI is InChI=1S/C20H21N3O3/c1-11(2)23-10-13(8-17(23)24)19(25)15(9-21)20(26)18-12(3)22-16-7-5-4-6-14(16)18/h4-7,11,13,15,22H,8,10H2,1-3H3/t13-,15-/m0/s1. The van der Waals surface area contributed by atoms with E-state index in [9.17, 15) is 19.6 Å². The highest BCUT2D eigenvalue weighted by Crippen LogP contribution is 2.28. The third-order valence-electron chi connectivity index (χ3n) is 5.00. The predicted octanol–water partition coefficient (Wildman–Crippen LogP) is 2.62. The molecule has 0 saturated carbocycles. The van der Waals surface area contributed by atoms with Crippen molar-refractivity contribution in [3.05, 3.63) is 35.5 Å². The molecule has 6 nitrogen and oxygen atoms in total. The van der Waals surface area contributed by atoms with E-state index in [1.54, 1.807) is 17.9 Å². The zero-order chi connectivity index (χ0) is 19.0. The third kappa shape index (κ3) is 2.90. The molecule has 2 atom stereocenters. The lowest BCUT2D eigenvalue weighted by Crippen LogP contribution is -2.34. The number of benzene rings is 1. The maximum atomic E-state index is 13.0. The number of ketones is 2. The minimum atomic E-state index is -1.39. The van der Waals surface area contributed by atoms with Crippen molar-refractivity contribution in [1.82, 2.24) is 9.88 Å². The van der Waals surface area contributed by atoms with Gasteiger partial charge in [-0.1, -0.05) is 18.2 Å². The molecule has 6 heteroatoms. The Morgan fingerprint density at radius 1 is 1.31 bits per heavy atom. The molecule has 26 heavy (non-hydrogen) atoms. The molecule has 1 N–H and O–H groups in total. The normalized spacial score (nSPS) is 18.3. The summed E-state index contributed by atoms with van der Waals surface area (Å²) in [7, 11) is 0.